The van der Waals surface area contributed by atoms with E-state index in [0.717, 1.165) is 10.5 Å². The molecule has 1 aliphatic carbocycles. The summed E-state index contributed by atoms with van der Waals surface area (Å²) in [5.74, 6) is 0. The minimum absolute atomic E-state index is 0.649. The van der Waals surface area contributed by atoms with Crippen LogP contribution in [-0.4, -0.2) is 16.6 Å². The van der Waals surface area contributed by atoms with E-state index in [0.29, 0.717) is 6.10 Å². The Morgan fingerprint density at radius 1 is 1.12 bits per heavy atom. The van der Waals surface area contributed by atoms with Crippen molar-refractivity contribution in [3.63, 3.8) is 0 Å². The molecule has 2 heteroatoms. The van der Waals surface area contributed by atoms with Gasteiger partial charge in [0.1, 0.15) is 10.5 Å². The smallest absolute Gasteiger partial charge is 0.146 e. The Morgan fingerprint density at radius 3 is 2.12 bits per heavy atom. The lowest BCUT2D eigenvalue weighted by Crippen LogP contribution is -2.14. The van der Waals surface area contributed by atoms with E-state index < -0.39 is 0 Å². The van der Waals surface area contributed by atoms with Crippen LogP contribution in [-0.2, 0) is 4.43 Å². The SMILES string of the molecule is [SiH3]OC1CCCCC1. The summed E-state index contributed by atoms with van der Waals surface area (Å²) in [4.78, 5) is 0. The van der Waals surface area contributed by atoms with E-state index in [9.17, 15) is 0 Å². The average molecular weight is 130 g/mol. The highest BCUT2D eigenvalue weighted by atomic mass is 28.2. The third-order valence-corrected chi connectivity index (χ3v) is 2.55. The lowest BCUT2D eigenvalue weighted by molar-refractivity contribution is 0.169. The zero-order chi connectivity index (χ0) is 5.82. The maximum atomic E-state index is 5.33. The molecule has 0 bridgehead atoms. The predicted octanol–water partition coefficient (Wildman–Crippen LogP) is 0.616. The van der Waals surface area contributed by atoms with Crippen molar-refractivity contribution in [3.05, 3.63) is 0 Å². The van der Waals surface area contributed by atoms with Crippen LogP contribution >= 0.6 is 0 Å². The summed E-state index contributed by atoms with van der Waals surface area (Å²) < 4.78 is 5.33. The van der Waals surface area contributed by atoms with E-state index >= 15 is 0 Å². The van der Waals surface area contributed by atoms with Gasteiger partial charge in [-0.3, -0.25) is 0 Å². The predicted molar refractivity (Wildman–Crippen MR) is 37.9 cm³/mol. The van der Waals surface area contributed by atoms with Crippen LogP contribution in [0.2, 0.25) is 0 Å². The fourth-order valence-corrected chi connectivity index (χ4v) is 1.77. The molecule has 0 radical (unpaired) electrons. The van der Waals surface area contributed by atoms with Gasteiger partial charge in [0.2, 0.25) is 0 Å². The van der Waals surface area contributed by atoms with Crippen molar-refractivity contribution in [2.45, 2.75) is 38.2 Å². The highest BCUT2D eigenvalue weighted by Crippen LogP contribution is 2.18. The van der Waals surface area contributed by atoms with Crippen LogP contribution in [0.15, 0.2) is 0 Å². The molecule has 0 aliphatic heterocycles. The Kier molecular flexibility index (Phi) is 2.56. The van der Waals surface area contributed by atoms with Crippen LogP contribution < -0.4 is 0 Å². The molecule has 0 spiro atoms. The van der Waals surface area contributed by atoms with Gasteiger partial charge in [0, 0.05) is 6.10 Å². The molecule has 0 aromatic rings. The molecule has 0 heterocycles. The summed E-state index contributed by atoms with van der Waals surface area (Å²) in [6.07, 6.45) is 7.52. The molecule has 0 aromatic heterocycles. The highest BCUT2D eigenvalue weighted by Gasteiger charge is 2.10. The minimum atomic E-state index is 0.649. The summed E-state index contributed by atoms with van der Waals surface area (Å²) in [6, 6.07) is 0. The molecule has 0 amide bonds. The van der Waals surface area contributed by atoms with E-state index in [4.69, 9.17) is 4.43 Å². The van der Waals surface area contributed by atoms with Crippen molar-refractivity contribution in [2.75, 3.05) is 0 Å². The molecule has 1 rings (SSSR count). The topological polar surface area (TPSA) is 9.23 Å². The van der Waals surface area contributed by atoms with Crippen molar-refractivity contribution >= 4 is 10.5 Å². The maximum Gasteiger partial charge on any atom is 0.146 e. The van der Waals surface area contributed by atoms with E-state index in [2.05, 4.69) is 0 Å². The van der Waals surface area contributed by atoms with Gasteiger partial charge in [0.25, 0.3) is 0 Å². The van der Waals surface area contributed by atoms with Crippen LogP contribution in [0.4, 0.5) is 0 Å². The number of rotatable bonds is 1. The van der Waals surface area contributed by atoms with E-state index in [1.165, 1.54) is 32.1 Å². The maximum absolute atomic E-state index is 5.33. The first-order valence-electron chi connectivity index (χ1n) is 3.46. The Balaban J connectivity index is 2.13. The second-order valence-corrected chi connectivity index (χ2v) is 2.97. The molecule has 1 aliphatic rings. The lowest BCUT2D eigenvalue weighted by Gasteiger charge is -2.19. The van der Waals surface area contributed by atoms with Gasteiger partial charge >= 0.3 is 0 Å². The summed E-state index contributed by atoms with van der Waals surface area (Å²) >= 11 is 0. The fourth-order valence-electron chi connectivity index (χ4n) is 1.30. The Morgan fingerprint density at radius 2 is 1.75 bits per heavy atom. The molecule has 1 nitrogen and oxygen atoms in total. The first kappa shape index (κ1) is 6.30. The standard InChI is InChI=1S/C6H14OSi/c8-7-6-4-2-1-3-5-6/h6H,1-5H2,8H3. The van der Waals surface area contributed by atoms with Crippen molar-refractivity contribution in [1.29, 1.82) is 0 Å². The minimum Gasteiger partial charge on any atom is -0.425 e. The molecule has 48 valence electrons. The number of hydrogen-bond donors (Lipinski definition) is 0. The zero-order valence-corrected chi connectivity index (χ0v) is 7.52. The summed E-state index contributed by atoms with van der Waals surface area (Å²) in [5, 5.41) is 0. The van der Waals surface area contributed by atoms with E-state index in [1.807, 2.05) is 0 Å². The van der Waals surface area contributed by atoms with E-state index in [1.54, 1.807) is 0 Å². The van der Waals surface area contributed by atoms with Gasteiger partial charge in [-0.05, 0) is 12.8 Å². The van der Waals surface area contributed by atoms with Gasteiger partial charge in [0.15, 0.2) is 0 Å². The Bertz CT molecular complexity index is 59.5. The molecule has 0 atom stereocenters. The van der Waals surface area contributed by atoms with Gasteiger partial charge in [-0.1, -0.05) is 19.3 Å². The normalized spacial score (nSPS) is 24.0. The Hall–Kier alpha value is 0.177. The molecular formula is C6H14OSi. The van der Waals surface area contributed by atoms with E-state index in [-0.39, 0.29) is 0 Å². The molecule has 1 saturated carbocycles. The highest BCUT2D eigenvalue weighted by molar-refractivity contribution is 5.98. The van der Waals surface area contributed by atoms with Crippen LogP contribution in [0.3, 0.4) is 0 Å². The first-order chi connectivity index (χ1) is 3.93. The summed E-state index contributed by atoms with van der Waals surface area (Å²) in [6.45, 7) is 0. The molecule has 1 fully saturated rings. The zero-order valence-electron chi connectivity index (χ0n) is 5.52. The molecule has 0 N–H and O–H groups in total. The third kappa shape index (κ3) is 1.60. The molecule has 0 aromatic carbocycles. The molecular weight excluding hydrogens is 116 g/mol. The molecule has 0 unspecified atom stereocenters. The second-order valence-electron chi connectivity index (χ2n) is 2.50. The summed E-state index contributed by atoms with van der Waals surface area (Å²) in [7, 11) is 0.930. The third-order valence-electron chi connectivity index (χ3n) is 1.89. The van der Waals surface area contributed by atoms with Crippen molar-refractivity contribution in [1.82, 2.24) is 0 Å². The van der Waals surface area contributed by atoms with Gasteiger partial charge in [-0.15, -0.1) is 0 Å². The quantitative estimate of drug-likeness (QED) is 0.473. The van der Waals surface area contributed by atoms with Crippen LogP contribution in [0, 0.1) is 0 Å². The van der Waals surface area contributed by atoms with Crippen molar-refractivity contribution in [2.24, 2.45) is 0 Å². The van der Waals surface area contributed by atoms with Crippen LogP contribution in [0.25, 0.3) is 0 Å². The number of hydrogen-bond acceptors (Lipinski definition) is 1. The van der Waals surface area contributed by atoms with Gasteiger partial charge in [-0.25, -0.2) is 0 Å². The lowest BCUT2D eigenvalue weighted by atomic mass is 9.98. The van der Waals surface area contributed by atoms with Gasteiger partial charge in [0.05, 0.1) is 0 Å². The monoisotopic (exact) mass is 130 g/mol. The molecule has 8 heavy (non-hydrogen) atoms. The van der Waals surface area contributed by atoms with Crippen molar-refractivity contribution in [3.8, 4) is 0 Å². The first-order valence-corrected chi connectivity index (χ1v) is 4.28. The van der Waals surface area contributed by atoms with Gasteiger partial charge < -0.3 is 4.43 Å². The molecule has 0 saturated heterocycles. The largest absolute Gasteiger partial charge is 0.425 e. The fraction of sp³-hybridized carbons (Fsp3) is 1.00. The summed E-state index contributed by atoms with van der Waals surface area (Å²) in [5.41, 5.74) is 0. The van der Waals surface area contributed by atoms with Crippen LogP contribution in [0.1, 0.15) is 32.1 Å². The average Bonchev–Trinajstić information content (AvgIpc) is 1.90. The Labute approximate surface area is 54.0 Å². The van der Waals surface area contributed by atoms with Gasteiger partial charge in [-0.2, -0.15) is 0 Å². The van der Waals surface area contributed by atoms with Crippen LogP contribution in [0.5, 0.6) is 0 Å². The second kappa shape index (κ2) is 3.25. The van der Waals surface area contributed by atoms with Crippen molar-refractivity contribution < 1.29 is 4.43 Å².